The van der Waals surface area contributed by atoms with Gasteiger partial charge in [-0.1, -0.05) is 29.4 Å². The van der Waals surface area contributed by atoms with Crippen molar-refractivity contribution < 1.29 is 4.52 Å². The van der Waals surface area contributed by atoms with Crippen LogP contribution in [0.25, 0.3) is 10.7 Å². The Balaban J connectivity index is 1.61. The molecule has 4 nitrogen and oxygen atoms in total. The van der Waals surface area contributed by atoms with E-state index < -0.39 is 0 Å². The van der Waals surface area contributed by atoms with Gasteiger partial charge in [0.15, 0.2) is 0 Å². The summed E-state index contributed by atoms with van der Waals surface area (Å²) in [5, 5.41) is 6.12. The van der Waals surface area contributed by atoms with E-state index in [-0.39, 0.29) is 0 Å². The summed E-state index contributed by atoms with van der Waals surface area (Å²) in [4.78, 5) is 7.95. The highest BCUT2D eigenvalue weighted by Crippen LogP contribution is 2.32. The number of aromatic nitrogens is 2. The number of benzene rings is 1. The highest BCUT2D eigenvalue weighted by molar-refractivity contribution is 7.13. The third-order valence-electron chi connectivity index (χ3n) is 4.18. The molecule has 0 aliphatic carbocycles. The minimum Gasteiger partial charge on any atom is -0.359 e. The minimum atomic E-state index is 0.479. The number of fused-ring (bicyclic) bond motifs is 1. The van der Waals surface area contributed by atoms with E-state index in [1.807, 2.05) is 17.5 Å². The predicted octanol–water partition coefficient (Wildman–Crippen LogP) is 4.14. The Labute approximate surface area is 133 Å². The summed E-state index contributed by atoms with van der Waals surface area (Å²) in [6.45, 7) is 2.92. The van der Waals surface area contributed by atoms with E-state index in [9.17, 15) is 0 Å². The van der Waals surface area contributed by atoms with Crippen molar-refractivity contribution in [1.29, 1.82) is 0 Å². The Kier molecular flexibility index (Phi) is 3.42. The molecule has 1 aliphatic rings. The summed E-state index contributed by atoms with van der Waals surface area (Å²) >= 11 is 1.63. The van der Waals surface area contributed by atoms with Crippen molar-refractivity contribution in [2.75, 3.05) is 4.90 Å². The highest BCUT2D eigenvalue weighted by atomic mass is 32.1. The van der Waals surface area contributed by atoms with E-state index in [2.05, 4.69) is 46.2 Å². The van der Waals surface area contributed by atoms with Crippen LogP contribution in [0.3, 0.4) is 0 Å². The molecule has 0 N–H and O–H groups in total. The van der Waals surface area contributed by atoms with Crippen LogP contribution in [0, 0.1) is 0 Å². The number of hydrogen-bond donors (Lipinski definition) is 0. The van der Waals surface area contributed by atoms with Gasteiger partial charge in [-0.3, -0.25) is 0 Å². The summed E-state index contributed by atoms with van der Waals surface area (Å²) in [7, 11) is 0. The fraction of sp³-hybridized carbons (Fsp3) is 0.294. The molecule has 1 aliphatic heterocycles. The maximum Gasteiger partial charge on any atom is 0.246 e. The van der Waals surface area contributed by atoms with Gasteiger partial charge in [0.05, 0.1) is 11.4 Å². The van der Waals surface area contributed by atoms with E-state index in [0.717, 1.165) is 17.7 Å². The molecule has 0 fully saturated rings. The van der Waals surface area contributed by atoms with Crippen molar-refractivity contribution in [2.24, 2.45) is 0 Å². The largest absolute Gasteiger partial charge is 0.359 e. The molecule has 2 aromatic heterocycles. The molecular weight excluding hydrogens is 294 g/mol. The lowest BCUT2D eigenvalue weighted by atomic mass is 9.97. The molecule has 3 heterocycles. The second-order valence-electron chi connectivity index (χ2n) is 5.63. The summed E-state index contributed by atoms with van der Waals surface area (Å²) in [6, 6.07) is 13.1. The van der Waals surface area contributed by atoms with Crippen LogP contribution < -0.4 is 4.90 Å². The van der Waals surface area contributed by atoms with Crippen LogP contribution in [0.4, 0.5) is 5.69 Å². The quantitative estimate of drug-likeness (QED) is 0.729. The average molecular weight is 311 g/mol. The number of nitrogens with zero attached hydrogens (tertiary/aromatic N) is 3. The number of hydrogen-bond acceptors (Lipinski definition) is 5. The molecule has 1 atom stereocenters. The van der Waals surface area contributed by atoms with Crippen LogP contribution in [0.5, 0.6) is 0 Å². The first-order chi connectivity index (χ1) is 10.8. The molecule has 0 bridgehead atoms. The van der Waals surface area contributed by atoms with Crippen molar-refractivity contribution in [1.82, 2.24) is 10.1 Å². The summed E-state index contributed by atoms with van der Waals surface area (Å²) < 4.78 is 5.46. The maximum absolute atomic E-state index is 5.46. The monoisotopic (exact) mass is 311 g/mol. The molecule has 0 saturated heterocycles. The minimum absolute atomic E-state index is 0.479. The topological polar surface area (TPSA) is 42.2 Å². The maximum atomic E-state index is 5.46. The third kappa shape index (κ3) is 2.41. The molecule has 0 amide bonds. The first-order valence-corrected chi connectivity index (χ1v) is 8.40. The van der Waals surface area contributed by atoms with Crippen molar-refractivity contribution in [3.8, 4) is 10.7 Å². The van der Waals surface area contributed by atoms with Crippen molar-refractivity contribution in [2.45, 2.75) is 32.4 Å². The van der Waals surface area contributed by atoms with Crippen LogP contribution >= 0.6 is 11.3 Å². The fourth-order valence-corrected chi connectivity index (χ4v) is 3.62. The molecule has 5 heteroatoms. The van der Waals surface area contributed by atoms with Crippen LogP contribution in [-0.4, -0.2) is 16.2 Å². The number of para-hydroxylation sites is 1. The first kappa shape index (κ1) is 13.5. The Hall–Kier alpha value is -2.14. The molecular formula is C17H17N3OS. The van der Waals surface area contributed by atoms with E-state index in [1.165, 1.54) is 11.3 Å². The third-order valence-corrected chi connectivity index (χ3v) is 5.05. The Bertz CT molecular complexity index is 766. The van der Waals surface area contributed by atoms with Crippen molar-refractivity contribution in [3.63, 3.8) is 0 Å². The second kappa shape index (κ2) is 5.57. The van der Waals surface area contributed by atoms with E-state index in [4.69, 9.17) is 4.52 Å². The Morgan fingerprint density at radius 2 is 2.18 bits per heavy atom. The van der Waals surface area contributed by atoms with Crippen molar-refractivity contribution in [3.05, 3.63) is 53.2 Å². The number of anilines is 1. The standard InChI is InChI=1S/C17H17N3OS/c1-12-8-9-13-5-2-3-6-14(13)20(12)11-16-18-17(19-21-16)15-7-4-10-22-15/h2-7,10,12H,8-9,11H2,1H3. The van der Waals surface area contributed by atoms with Gasteiger partial charge in [-0.2, -0.15) is 4.98 Å². The molecule has 0 radical (unpaired) electrons. The SMILES string of the molecule is CC1CCc2ccccc2N1Cc1nc(-c2cccs2)no1. The molecule has 0 saturated carbocycles. The van der Waals surface area contributed by atoms with Gasteiger partial charge in [-0.05, 0) is 42.8 Å². The lowest BCUT2D eigenvalue weighted by molar-refractivity contribution is 0.369. The van der Waals surface area contributed by atoms with Gasteiger partial charge in [-0.15, -0.1) is 11.3 Å². The Morgan fingerprint density at radius 3 is 3.05 bits per heavy atom. The number of aryl methyl sites for hydroxylation is 1. The van der Waals surface area contributed by atoms with E-state index in [0.29, 0.717) is 24.3 Å². The molecule has 22 heavy (non-hydrogen) atoms. The van der Waals surface area contributed by atoms with Crippen LogP contribution in [0.15, 0.2) is 46.3 Å². The fourth-order valence-electron chi connectivity index (χ4n) is 2.97. The molecule has 1 unspecified atom stereocenters. The van der Waals surface area contributed by atoms with Gasteiger partial charge >= 0.3 is 0 Å². The second-order valence-corrected chi connectivity index (χ2v) is 6.58. The van der Waals surface area contributed by atoms with E-state index in [1.54, 1.807) is 11.3 Å². The molecule has 112 valence electrons. The number of rotatable bonds is 3. The summed E-state index contributed by atoms with van der Waals surface area (Å²) in [5.41, 5.74) is 2.69. The molecule has 0 spiro atoms. The van der Waals surface area contributed by atoms with Gasteiger partial charge < -0.3 is 9.42 Å². The van der Waals surface area contributed by atoms with Gasteiger partial charge in [-0.25, -0.2) is 0 Å². The average Bonchev–Trinajstić information content (AvgIpc) is 3.21. The van der Waals surface area contributed by atoms with E-state index >= 15 is 0 Å². The summed E-state index contributed by atoms with van der Waals surface area (Å²) in [6.07, 6.45) is 2.29. The van der Waals surface area contributed by atoms with Crippen LogP contribution in [-0.2, 0) is 13.0 Å². The molecule has 3 aromatic rings. The lowest BCUT2D eigenvalue weighted by Gasteiger charge is -2.36. The highest BCUT2D eigenvalue weighted by Gasteiger charge is 2.24. The van der Waals surface area contributed by atoms with Gasteiger partial charge in [0.25, 0.3) is 0 Å². The predicted molar refractivity (Wildman–Crippen MR) is 88.0 cm³/mol. The lowest BCUT2D eigenvalue weighted by Crippen LogP contribution is -2.36. The zero-order valence-corrected chi connectivity index (χ0v) is 13.2. The van der Waals surface area contributed by atoms with Gasteiger partial charge in [0, 0.05) is 11.7 Å². The molecule has 1 aromatic carbocycles. The zero-order valence-electron chi connectivity index (χ0n) is 12.4. The molecule has 4 rings (SSSR count). The first-order valence-electron chi connectivity index (χ1n) is 7.52. The smallest absolute Gasteiger partial charge is 0.246 e. The normalized spacial score (nSPS) is 17.5. The number of thiophene rings is 1. The Morgan fingerprint density at radius 1 is 1.27 bits per heavy atom. The van der Waals surface area contributed by atoms with Crippen molar-refractivity contribution >= 4 is 17.0 Å². The summed E-state index contributed by atoms with van der Waals surface area (Å²) in [5.74, 6) is 1.36. The van der Waals surface area contributed by atoms with Crippen LogP contribution in [0.2, 0.25) is 0 Å². The van der Waals surface area contributed by atoms with Gasteiger partial charge in [0.2, 0.25) is 11.7 Å². The van der Waals surface area contributed by atoms with Gasteiger partial charge in [0.1, 0.15) is 0 Å². The zero-order chi connectivity index (χ0) is 14.9. The van der Waals surface area contributed by atoms with Crippen LogP contribution in [0.1, 0.15) is 24.8 Å².